The number of allylic oxidation sites excluding steroid dienone is 1. The molecule has 7 heteroatoms. The first-order valence-corrected chi connectivity index (χ1v) is 9.25. The molecule has 160 valence electrons. The van der Waals surface area contributed by atoms with Crippen LogP contribution in [0, 0.1) is 0 Å². The number of rotatable bonds is 9. The summed E-state index contributed by atoms with van der Waals surface area (Å²) < 4.78 is 21.9. The summed E-state index contributed by atoms with van der Waals surface area (Å²) in [6, 6.07) is 9.85. The van der Waals surface area contributed by atoms with E-state index < -0.39 is 18.2 Å². The van der Waals surface area contributed by atoms with Crippen LogP contribution in [0.25, 0.3) is 6.08 Å². The van der Waals surface area contributed by atoms with Gasteiger partial charge in [-0.05, 0) is 56.7 Å². The molecule has 0 amide bonds. The van der Waals surface area contributed by atoms with Crippen LogP contribution in [-0.4, -0.2) is 43.3 Å². The minimum absolute atomic E-state index is 0.260. The topological polar surface area (TPSA) is 91.3 Å². The molecule has 2 rings (SSSR count). The number of carboxylic acid groups (broad SMARTS) is 1. The van der Waals surface area contributed by atoms with Crippen LogP contribution in [0.1, 0.15) is 36.7 Å². The summed E-state index contributed by atoms with van der Waals surface area (Å²) in [6.07, 6.45) is 3.06. The lowest BCUT2D eigenvalue weighted by atomic mass is 10.1. The fraction of sp³-hybridized carbons (Fsp3) is 0.304. The van der Waals surface area contributed by atoms with Gasteiger partial charge in [0, 0.05) is 5.56 Å². The fourth-order valence-electron chi connectivity index (χ4n) is 2.60. The van der Waals surface area contributed by atoms with Gasteiger partial charge in [-0.2, -0.15) is 0 Å². The van der Waals surface area contributed by atoms with Crippen LogP contribution in [0.2, 0.25) is 0 Å². The number of carboxylic acids is 1. The van der Waals surface area contributed by atoms with Crippen molar-refractivity contribution in [2.45, 2.75) is 26.4 Å². The Balaban J connectivity index is 2.28. The Morgan fingerprint density at radius 2 is 1.73 bits per heavy atom. The summed E-state index contributed by atoms with van der Waals surface area (Å²) in [5.41, 5.74) is 0.617. The van der Waals surface area contributed by atoms with Crippen molar-refractivity contribution < 1.29 is 33.6 Å². The molecular formula is C23H26O7. The predicted octanol–water partition coefficient (Wildman–Crippen LogP) is 4.24. The number of ether oxygens (including phenoxy) is 4. The first-order chi connectivity index (χ1) is 14.1. The Bertz CT molecular complexity index is 939. The molecule has 0 aliphatic rings. The number of aliphatic carboxylic acids is 1. The minimum atomic E-state index is -1.09. The zero-order valence-electron chi connectivity index (χ0n) is 17.7. The van der Waals surface area contributed by atoms with Crippen LogP contribution >= 0.6 is 0 Å². The zero-order chi connectivity index (χ0) is 22.3. The minimum Gasteiger partial charge on any atom is -0.493 e. The van der Waals surface area contributed by atoms with E-state index in [-0.39, 0.29) is 5.78 Å². The molecule has 2 aromatic rings. The number of hydrogen-bond donors (Lipinski definition) is 1. The van der Waals surface area contributed by atoms with E-state index >= 15 is 0 Å². The smallest absolute Gasteiger partial charge is 0.341 e. The Morgan fingerprint density at radius 1 is 1.03 bits per heavy atom. The Hall–Kier alpha value is -3.48. The van der Waals surface area contributed by atoms with Crippen LogP contribution in [0.3, 0.4) is 0 Å². The fourth-order valence-corrected chi connectivity index (χ4v) is 2.60. The third-order valence-electron chi connectivity index (χ3n) is 3.79. The van der Waals surface area contributed by atoms with Crippen molar-refractivity contribution >= 4 is 17.8 Å². The average Bonchev–Trinajstić information content (AvgIpc) is 2.69. The number of carbonyl (C=O) groups excluding carboxylic acids is 1. The molecule has 2 aromatic carbocycles. The van der Waals surface area contributed by atoms with Gasteiger partial charge >= 0.3 is 5.97 Å². The van der Waals surface area contributed by atoms with Crippen LogP contribution in [0.4, 0.5) is 0 Å². The van der Waals surface area contributed by atoms with E-state index in [0.29, 0.717) is 34.1 Å². The summed E-state index contributed by atoms with van der Waals surface area (Å²) in [6.45, 7) is 5.29. The molecule has 0 spiro atoms. The van der Waals surface area contributed by atoms with Gasteiger partial charge in [0.15, 0.2) is 23.9 Å². The van der Waals surface area contributed by atoms with Gasteiger partial charge in [0.1, 0.15) is 11.4 Å². The SMILES string of the molecule is COc1cc(/C=C/C(=O)c2cccc(OCC(=O)O)c2)cc(OC(C)(C)C)c1OC. The van der Waals surface area contributed by atoms with Gasteiger partial charge in [0.05, 0.1) is 14.2 Å². The van der Waals surface area contributed by atoms with Crippen molar-refractivity contribution in [2.75, 3.05) is 20.8 Å². The molecule has 0 radical (unpaired) electrons. The van der Waals surface area contributed by atoms with Crippen molar-refractivity contribution in [3.8, 4) is 23.0 Å². The maximum atomic E-state index is 12.6. The number of carbonyl (C=O) groups is 2. The summed E-state index contributed by atoms with van der Waals surface area (Å²) in [5.74, 6) is 0.413. The zero-order valence-corrected chi connectivity index (χ0v) is 17.7. The predicted molar refractivity (Wildman–Crippen MR) is 113 cm³/mol. The molecule has 0 saturated heterocycles. The third kappa shape index (κ3) is 6.55. The second-order valence-electron chi connectivity index (χ2n) is 7.38. The van der Waals surface area contributed by atoms with E-state index in [1.165, 1.54) is 26.4 Å². The van der Waals surface area contributed by atoms with E-state index in [9.17, 15) is 9.59 Å². The van der Waals surface area contributed by atoms with Gasteiger partial charge in [-0.3, -0.25) is 4.79 Å². The highest BCUT2D eigenvalue weighted by Gasteiger charge is 2.19. The largest absolute Gasteiger partial charge is 0.493 e. The normalized spacial score (nSPS) is 11.2. The van der Waals surface area contributed by atoms with Crippen LogP contribution in [-0.2, 0) is 4.79 Å². The first kappa shape index (κ1) is 22.8. The second kappa shape index (κ2) is 9.82. The standard InChI is InChI=1S/C23H26O7/c1-23(2,3)30-20-12-15(11-19(27-4)22(20)28-5)9-10-18(24)16-7-6-8-17(13-16)29-14-21(25)26/h6-13H,14H2,1-5H3,(H,25,26)/b10-9+. The van der Waals surface area contributed by atoms with Crippen LogP contribution < -0.4 is 18.9 Å². The molecule has 7 nitrogen and oxygen atoms in total. The number of hydrogen-bond acceptors (Lipinski definition) is 6. The molecular weight excluding hydrogens is 388 g/mol. The van der Waals surface area contributed by atoms with Crippen molar-refractivity contribution in [1.29, 1.82) is 0 Å². The van der Waals surface area contributed by atoms with E-state index in [0.717, 1.165) is 0 Å². The van der Waals surface area contributed by atoms with E-state index in [2.05, 4.69) is 0 Å². The van der Waals surface area contributed by atoms with Gasteiger partial charge < -0.3 is 24.1 Å². The van der Waals surface area contributed by atoms with Gasteiger partial charge in [-0.25, -0.2) is 4.79 Å². The molecule has 0 unspecified atom stereocenters. The van der Waals surface area contributed by atoms with E-state index in [1.807, 2.05) is 20.8 Å². The molecule has 0 saturated carbocycles. The van der Waals surface area contributed by atoms with Crippen molar-refractivity contribution in [2.24, 2.45) is 0 Å². The van der Waals surface area contributed by atoms with Gasteiger partial charge in [-0.15, -0.1) is 0 Å². The highest BCUT2D eigenvalue weighted by molar-refractivity contribution is 6.07. The number of ketones is 1. The second-order valence-corrected chi connectivity index (χ2v) is 7.38. The number of benzene rings is 2. The average molecular weight is 414 g/mol. The number of methoxy groups -OCH3 is 2. The maximum Gasteiger partial charge on any atom is 0.341 e. The van der Waals surface area contributed by atoms with Gasteiger partial charge in [-0.1, -0.05) is 18.2 Å². The first-order valence-electron chi connectivity index (χ1n) is 9.25. The molecule has 0 heterocycles. The molecule has 0 atom stereocenters. The molecule has 0 bridgehead atoms. The monoisotopic (exact) mass is 414 g/mol. The molecule has 0 aliphatic heterocycles. The van der Waals surface area contributed by atoms with Crippen molar-refractivity contribution in [3.63, 3.8) is 0 Å². The molecule has 0 aliphatic carbocycles. The summed E-state index contributed by atoms with van der Waals surface area (Å²) in [4.78, 5) is 23.2. The molecule has 30 heavy (non-hydrogen) atoms. The summed E-state index contributed by atoms with van der Waals surface area (Å²) in [7, 11) is 3.06. The highest BCUT2D eigenvalue weighted by Crippen LogP contribution is 2.40. The third-order valence-corrected chi connectivity index (χ3v) is 3.79. The van der Waals surface area contributed by atoms with Gasteiger partial charge in [0.25, 0.3) is 0 Å². The Labute approximate surface area is 175 Å². The molecule has 1 N–H and O–H groups in total. The Kier molecular flexibility index (Phi) is 7.47. The molecule has 0 fully saturated rings. The maximum absolute atomic E-state index is 12.6. The quantitative estimate of drug-likeness (QED) is 0.485. The lowest BCUT2D eigenvalue weighted by molar-refractivity contribution is -0.139. The lowest BCUT2D eigenvalue weighted by Crippen LogP contribution is -2.23. The highest BCUT2D eigenvalue weighted by atomic mass is 16.5. The van der Waals surface area contributed by atoms with Crippen LogP contribution in [0.5, 0.6) is 23.0 Å². The lowest BCUT2D eigenvalue weighted by Gasteiger charge is -2.24. The molecule has 0 aromatic heterocycles. The van der Waals surface area contributed by atoms with E-state index in [1.54, 1.807) is 36.4 Å². The van der Waals surface area contributed by atoms with Gasteiger partial charge in [0.2, 0.25) is 5.75 Å². The summed E-state index contributed by atoms with van der Waals surface area (Å²) in [5, 5.41) is 8.70. The van der Waals surface area contributed by atoms with Crippen molar-refractivity contribution in [1.82, 2.24) is 0 Å². The van der Waals surface area contributed by atoms with Crippen molar-refractivity contribution in [3.05, 3.63) is 53.6 Å². The van der Waals surface area contributed by atoms with Crippen LogP contribution in [0.15, 0.2) is 42.5 Å². The Morgan fingerprint density at radius 3 is 2.33 bits per heavy atom. The summed E-state index contributed by atoms with van der Waals surface area (Å²) >= 11 is 0. The van der Waals surface area contributed by atoms with E-state index in [4.69, 9.17) is 24.1 Å².